The van der Waals surface area contributed by atoms with E-state index in [0.717, 1.165) is 5.79 Å². The van der Waals surface area contributed by atoms with E-state index < -0.39 is 0 Å². The summed E-state index contributed by atoms with van der Waals surface area (Å²) in [5.74, 6) is 0.741. The average Bonchev–Trinajstić information content (AvgIpc) is 2.38. The molecule has 21 heavy (non-hydrogen) atoms. The number of nitrogens with zero attached hydrogens (tertiary/aromatic N) is 2. The van der Waals surface area contributed by atoms with E-state index in [1.165, 1.54) is 56.2 Å². The smallest absolute Gasteiger partial charge is 0.0591 e. The van der Waals surface area contributed by atoms with Crippen LogP contribution in [-0.4, -0.2) is 62.8 Å². The van der Waals surface area contributed by atoms with Gasteiger partial charge in [-0.2, -0.15) is 0 Å². The predicted octanol–water partition coefficient (Wildman–Crippen LogP) is 2.83. The summed E-state index contributed by atoms with van der Waals surface area (Å²) in [6.07, 6.45) is 8.82. The lowest BCUT2D eigenvalue weighted by atomic mass is 10.1. The Morgan fingerprint density at radius 2 is 1.29 bits per heavy atom. The second-order valence-electron chi connectivity index (χ2n) is 7.10. The third kappa shape index (κ3) is 13.5. The van der Waals surface area contributed by atoms with Crippen LogP contribution in [0.1, 0.15) is 52.4 Å². The van der Waals surface area contributed by atoms with E-state index in [0.29, 0.717) is 0 Å². The minimum Gasteiger partial charge on any atom is -0.297 e. The number of hydrogen-bond donors (Lipinski definition) is 0. The molecule has 0 aliphatic carbocycles. The lowest BCUT2D eigenvalue weighted by Gasteiger charge is -2.30. The molecule has 126 valence electrons. The highest BCUT2D eigenvalue weighted by atomic mass is 28.2. The van der Waals surface area contributed by atoms with Crippen molar-refractivity contribution in [3.8, 4) is 0 Å². The summed E-state index contributed by atoms with van der Waals surface area (Å²) in [5.41, 5.74) is 4.04. The molecule has 0 aromatic rings. The highest BCUT2D eigenvalue weighted by Crippen LogP contribution is 2.10. The summed E-state index contributed by atoms with van der Waals surface area (Å²) in [6, 6.07) is 3.03. The number of rotatable bonds is 13. The Morgan fingerprint density at radius 3 is 1.76 bits per heavy atom. The molecule has 0 fully saturated rings. The summed E-state index contributed by atoms with van der Waals surface area (Å²) < 4.78 is 0. The van der Waals surface area contributed by atoms with Crippen molar-refractivity contribution in [3.05, 3.63) is 11.3 Å². The average molecular weight is 329 g/mol. The van der Waals surface area contributed by atoms with Crippen molar-refractivity contribution in [2.45, 2.75) is 70.2 Å². The first-order chi connectivity index (χ1) is 9.95. The fraction of sp³-hybridized carbons (Fsp3) is 0.882. The van der Waals surface area contributed by atoms with Gasteiger partial charge in [-0.3, -0.25) is 9.80 Å². The molecule has 0 aliphatic rings. The highest BCUT2D eigenvalue weighted by molar-refractivity contribution is 6.42. The van der Waals surface area contributed by atoms with E-state index in [-0.39, 0.29) is 19.0 Å². The molecule has 0 aromatic heterocycles. The van der Waals surface area contributed by atoms with Gasteiger partial charge in [-0.25, -0.2) is 0 Å². The van der Waals surface area contributed by atoms with Gasteiger partial charge in [0, 0.05) is 15.3 Å². The maximum absolute atomic E-state index is 2.51. The number of unbranched alkanes of at least 4 members (excludes halogenated alkanes) is 5. The van der Waals surface area contributed by atoms with Gasteiger partial charge < -0.3 is 0 Å². The maximum Gasteiger partial charge on any atom is 0.0591 e. The molecule has 0 saturated heterocycles. The Balaban J connectivity index is 3.34. The molecular formula is C17H40N2Si2. The minimum atomic E-state index is 0.0227. The van der Waals surface area contributed by atoms with Gasteiger partial charge in [-0.1, -0.05) is 56.2 Å². The van der Waals surface area contributed by atoms with Crippen LogP contribution < -0.4 is 0 Å². The topological polar surface area (TPSA) is 6.48 Å². The number of hydrogen-bond acceptors (Lipinski definition) is 2. The highest BCUT2D eigenvalue weighted by Gasteiger charge is 2.12. The molecule has 0 rings (SSSR count). The van der Waals surface area contributed by atoms with E-state index in [1.54, 1.807) is 0 Å². The molecule has 0 N–H and O–H groups in total. The van der Waals surface area contributed by atoms with Crippen LogP contribution >= 0.6 is 0 Å². The summed E-state index contributed by atoms with van der Waals surface area (Å²) in [5, 5.41) is 0. The standard InChI is InChI=1S/C17H40N2Si2/c1-16(2)15-20-13-11-9-7-8-10-12-14-21-17(18(3)4)19(5)6/h15,17H,7-14,20-21H2,1-6H3. The van der Waals surface area contributed by atoms with Gasteiger partial charge >= 0.3 is 0 Å². The van der Waals surface area contributed by atoms with Crippen LogP contribution in [0.3, 0.4) is 0 Å². The summed E-state index contributed by atoms with van der Waals surface area (Å²) in [6.45, 7) is 4.46. The normalized spacial score (nSPS) is 12.8. The summed E-state index contributed by atoms with van der Waals surface area (Å²) >= 11 is 0. The molecule has 0 heterocycles. The zero-order chi connectivity index (χ0) is 16.1. The van der Waals surface area contributed by atoms with Gasteiger partial charge in [0.15, 0.2) is 0 Å². The minimum absolute atomic E-state index is 0.0227. The van der Waals surface area contributed by atoms with Crippen molar-refractivity contribution in [1.82, 2.24) is 9.80 Å². The monoisotopic (exact) mass is 328 g/mol. The SMILES string of the molecule is CC(C)=C[SiH2]CCCCCCCC[SiH2]C(N(C)C)N(C)C. The van der Waals surface area contributed by atoms with Gasteiger partial charge in [0.2, 0.25) is 0 Å². The lowest BCUT2D eigenvalue weighted by molar-refractivity contribution is 0.200. The van der Waals surface area contributed by atoms with E-state index in [2.05, 4.69) is 57.5 Å². The maximum atomic E-state index is 2.51. The molecule has 0 bridgehead atoms. The Morgan fingerprint density at radius 1 is 0.810 bits per heavy atom. The van der Waals surface area contributed by atoms with Gasteiger partial charge in [0.25, 0.3) is 0 Å². The van der Waals surface area contributed by atoms with Gasteiger partial charge in [0.1, 0.15) is 0 Å². The van der Waals surface area contributed by atoms with Crippen LogP contribution in [0.4, 0.5) is 0 Å². The van der Waals surface area contributed by atoms with Crippen molar-refractivity contribution in [1.29, 1.82) is 0 Å². The molecule has 0 atom stereocenters. The molecule has 0 amide bonds. The van der Waals surface area contributed by atoms with E-state index >= 15 is 0 Å². The zero-order valence-electron chi connectivity index (χ0n) is 15.6. The van der Waals surface area contributed by atoms with Crippen molar-refractivity contribution in [2.75, 3.05) is 28.2 Å². The van der Waals surface area contributed by atoms with Crippen LogP contribution in [-0.2, 0) is 0 Å². The fourth-order valence-electron chi connectivity index (χ4n) is 2.90. The van der Waals surface area contributed by atoms with Crippen molar-refractivity contribution < 1.29 is 0 Å². The molecule has 0 spiro atoms. The molecule has 0 unspecified atom stereocenters. The van der Waals surface area contributed by atoms with E-state index in [4.69, 9.17) is 0 Å². The third-order valence-corrected chi connectivity index (χ3v) is 9.06. The second-order valence-corrected chi connectivity index (χ2v) is 10.8. The van der Waals surface area contributed by atoms with E-state index in [9.17, 15) is 0 Å². The molecule has 2 nitrogen and oxygen atoms in total. The first kappa shape index (κ1) is 21.1. The second kappa shape index (κ2) is 13.7. The zero-order valence-corrected chi connectivity index (χ0v) is 18.4. The summed E-state index contributed by atoms with van der Waals surface area (Å²) in [4.78, 5) is 4.78. The first-order valence-corrected chi connectivity index (χ1v) is 12.5. The Kier molecular flexibility index (Phi) is 13.8. The molecule has 4 heteroatoms. The Bertz CT molecular complexity index is 254. The molecular weight excluding hydrogens is 288 g/mol. The fourth-order valence-corrected chi connectivity index (χ4v) is 6.36. The number of allylic oxidation sites excluding steroid dienone is 1. The van der Waals surface area contributed by atoms with Crippen LogP contribution in [0.15, 0.2) is 11.3 Å². The Labute approximate surface area is 139 Å². The van der Waals surface area contributed by atoms with Gasteiger partial charge in [-0.15, -0.1) is 5.70 Å². The van der Waals surface area contributed by atoms with E-state index in [1.807, 2.05) is 0 Å². The first-order valence-electron chi connectivity index (χ1n) is 8.91. The van der Waals surface area contributed by atoms with Crippen molar-refractivity contribution in [2.24, 2.45) is 0 Å². The quantitative estimate of drug-likeness (QED) is 0.291. The lowest BCUT2D eigenvalue weighted by Crippen LogP contribution is -2.44. The predicted molar refractivity (Wildman–Crippen MR) is 105 cm³/mol. The van der Waals surface area contributed by atoms with Crippen molar-refractivity contribution in [3.63, 3.8) is 0 Å². The molecule has 0 radical (unpaired) electrons. The van der Waals surface area contributed by atoms with Crippen LogP contribution in [0.25, 0.3) is 0 Å². The molecule has 0 aliphatic heterocycles. The van der Waals surface area contributed by atoms with Crippen molar-refractivity contribution >= 4 is 19.0 Å². The third-order valence-electron chi connectivity index (χ3n) is 4.16. The van der Waals surface area contributed by atoms with Crippen LogP contribution in [0.2, 0.25) is 12.1 Å². The largest absolute Gasteiger partial charge is 0.297 e. The van der Waals surface area contributed by atoms with Crippen LogP contribution in [0.5, 0.6) is 0 Å². The van der Waals surface area contributed by atoms with Crippen LogP contribution in [0, 0.1) is 0 Å². The molecule has 0 saturated carbocycles. The summed E-state index contributed by atoms with van der Waals surface area (Å²) in [7, 11) is 9.02. The molecule has 0 aromatic carbocycles. The van der Waals surface area contributed by atoms with Gasteiger partial charge in [-0.05, 0) is 42.0 Å². The Hall–Kier alpha value is 0.0938. The van der Waals surface area contributed by atoms with Gasteiger partial charge in [0.05, 0.1) is 9.52 Å².